The number of carbonyl (C=O) groups excluding carboxylic acids is 2. The summed E-state index contributed by atoms with van der Waals surface area (Å²) in [6.45, 7) is 7.73. The van der Waals surface area contributed by atoms with Gasteiger partial charge in [0, 0.05) is 0 Å². The number of ether oxygens (including phenoxy) is 4. The van der Waals surface area contributed by atoms with Crippen LogP contribution in [0.1, 0.15) is 34.6 Å². The Balaban J connectivity index is 0.00000161. The monoisotopic (exact) mass is 446 g/mol. The third-order valence-corrected chi connectivity index (χ3v) is 3.78. The first-order valence-corrected chi connectivity index (χ1v) is 10.1. The summed E-state index contributed by atoms with van der Waals surface area (Å²) in [6, 6.07) is 12.3. The van der Waals surface area contributed by atoms with Crippen LogP contribution in [-0.2, 0) is 18.9 Å². The summed E-state index contributed by atoms with van der Waals surface area (Å²) in [7, 11) is 0. The van der Waals surface area contributed by atoms with Gasteiger partial charge in [0.05, 0.1) is 25.9 Å². The van der Waals surface area contributed by atoms with E-state index < -0.39 is 11.9 Å². The van der Waals surface area contributed by atoms with Gasteiger partial charge in [-0.3, -0.25) is 0 Å². The second-order valence-corrected chi connectivity index (χ2v) is 6.47. The molecule has 0 amide bonds. The Labute approximate surface area is 188 Å². The third-order valence-electron chi connectivity index (χ3n) is 3.78. The highest BCUT2D eigenvalue weighted by molar-refractivity contribution is 5.92. The molecule has 174 valence electrons. The van der Waals surface area contributed by atoms with Crippen LogP contribution in [0.25, 0.3) is 0 Å². The molecule has 0 heterocycles. The van der Waals surface area contributed by atoms with E-state index in [1.54, 1.807) is 37.3 Å². The molecular weight excluding hydrogens is 416 g/mol. The molecule has 2 aromatic carbocycles. The number of carbonyl (C=O) groups is 2. The van der Waals surface area contributed by atoms with Gasteiger partial charge in [-0.15, -0.1) is 6.58 Å². The fourth-order valence-electron chi connectivity index (χ4n) is 2.32. The van der Waals surface area contributed by atoms with Crippen LogP contribution in [0.4, 0.5) is 0 Å². The SMILES string of the molecule is C=CC.CC(COCCOC(=O)c1ccccc1O)OCCOC(=O)c1ccccc1O. The molecule has 0 saturated heterocycles. The quantitative estimate of drug-likeness (QED) is 0.305. The molecule has 0 aliphatic carbocycles. The Bertz CT molecular complexity index is 849. The Morgan fingerprint density at radius 3 is 1.78 bits per heavy atom. The molecule has 32 heavy (non-hydrogen) atoms. The number of para-hydroxylation sites is 2. The number of rotatable bonds is 11. The highest BCUT2D eigenvalue weighted by atomic mass is 16.6. The van der Waals surface area contributed by atoms with Crippen LogP contribution in [0.2, 0.25) is 0 Å². The minimum Gasteiger partial charge on any atom is -0.507 e. The van der Waals surface area contributed by atoms with Gasteiger partial charge in [-0.25, -0.2) is 9.59 Å². The average molecular weight is 446 g/mol. The van der Waals surface area contributed by atoms with E-state index in [1.165, 1.54) is 24.3 Å². The van der Waals surface area contributed by atoms with E-state index in [0.29, 0.717) is 0 Å². The van der Waals surface area contributed by atoms with Crippen molar-refractivity contribution in [3.63, 3.8) is 0 Å². The summed E-state index contributed by atoms with van der Waals surface area (Å²) in [5, 5.41) is 19.2. The summed E-state index contributed by atoms with van der Waals surface area (Å²) < 4.78 is 20.9. The smallest absolute Gasteiger partial charge is 0.341 e. The van der Waals surface area contributed by atoms with Crippen molar-refractivity contribution in [3.05, 3.63) is 72.3 Å². The van der Waals surface area contributed by atoms with Crippen molar-refractivity contribution in [1.29, 1.82) is 0 Å². The van der Waals surface area contributed by atoms with Gasteiger partial charge in [0.25, 0.3) is 0 Å². The van der Waals surface area contributed by atoms with Crippen molar-refractivity contribution >= 4 is 11.9 Å². The average Bonchev–Trinajstić information content (AvgIpc) is 2.77. The number of esters is 2. The summed E-state index contributed by atoms with van der Waals surface area (Å²) in [4.78, 5) is 23.6. The minimum atomic E-state index is -0.623. The molecule has 0 saturated carbocycles. The lowest BCUT2D eigenvalue weighted by Crippen LogP contribution is -2.21. The van der Waals surface area contributed by atoms with Crippen molar-refractivity contribution in [2.45, 2.75) is 20.0 Å². The van der Waals surface area contributed by atoms with Crippen LogP contribution in [0.3, 0.4) is 0 Å². The second kappa shape index (κ2) is 15.4. The molecular formula is C24H30O8. The lowest BCUT2D eigenvalue weighted by molar-refractivity contribution is -0.0325. The molecule has 0 spiro atoms. The highest BCUT2D eigenvalue weighted by Gasteiger charge is 2.13. The van der Waals surface area contributed by atoms with E-state index in [4.69, 9.17) is 18.9 Å². The molecule has 0 aliphatic rings. The van der Waals surface area contributed by atoms with Crippen LogP contribution in [-0.4, -0.2) is 61.3 Å². The Hall–Kier alpha value is -3.36. The standard InChI is InChI=1S/C21H24O8.C3H6/c1-15(27-12-13-29-21(25)17-7-3-5-9-19(17)23)14-26-10-11-28-20(24)16-6-2-4-8-18(16)22;1-3-2/h2-9,15,22-23H,10-14H2,1H3;3H,1H2,2H3. The Morgan fingerprint density at radius 2 is 1.31 bits per heavy atom. The molecule has 0 fully saturated rings. The number of phenolic OH excluding ortho intramolecular Hbond substituents is 2. The zero-order valence-electron chi connectivity index (χ0n) is 18.4. The molecule has 0 aliphatic heterocycles. The number of benzene rings is 2. The highest BCUT2D eigenvalue weighted by Crippen LogP contribution is 2.17. The maximum Gasteiger partial charge on any atom is 0.341 e. The molecule has 8 nitrogen and oxygen atoms in total. The van der Waals surface area contributed by atoms with Gasteiger partial charge in [0.1, 0.15) is 35.8 Å². The van der Waals surface area contributed by atoms with Gasteiger partial charge in [-0.05, 0) is 38.1 Å². The second-order valence-electron chi connectivity index (χ2n) is 6.47. The Morgan fingerprint density at radius 1 is 0.875 bits per heavy atom. The zero-order chi connectivity index (χ0) is 23.8. The third kappa shape index (κ3) is 10.1. The van der Waals surface area contributed by atoms with Crippen molar-refractivity contribution in [1.82, 2.24) is 0 Å². The van der Waals surface area contributed by atoms with Crippen molar-refractivity contribution in [2.75, 3.05) is 33.0 Å². The van der Waals surface area contributed by atoms with Crippen LogP contribution in [0.5, 0.6) is 11.5 Å². The number of hydrogen-bond donors (Lipinski definition) is 2. The first-order chi connectivity index (χ1) is 15.4. The van der Waals surface area contributed by atoms with Gasteiger partial charge in [0.2, 0.25) is 0 Å². The molecule has 0 aromatic heterocycles. The molecule has 1 unspecified atom stereocenters. The molecule has 0 bridgehead atoms. The van der Waals surface area contributed by atoms with E-state index >= 15 is 0 Å². The van der Waals surface area contributed by atoms with Gasteiger partial charge in [-0.2, -0.15) is 0 Å². The molecule has 1 atom stereocenters. The van der Waals surface area contributed by atoms with E-state index in [1.807, 2.05) is 6.92 Å². The lowest BCUT2D eigenvalue weighted by Gasteiger charge is -2.14. The predicted molar refractivity (Wildman–Crippen MR) is 119 cm³/mol. The van der Waals surface area contributed by atoms with Gasteiger partial charge >= 0.3 is 11.9 Å². The largest absolute Gasteiger partial charge is 0.507 e. The van der Waals surface area contributed by atoms with E-state index in [9.17, 15) is 19.8 Å². The molecule has 2 N–H and O–H groups in total. The summed E-state index contributed by atoms with van der Waals surface area (Å²) in [6.07, 6.45) is 1.49. The van der Waals surface area contributed by atoms with Crippen molar-refractivity contribution < 1.29 is 38.7 Å². The van der Waals surface area contributed by atoms with Crippen LogP contribution in [0, 0.1) is 0 Å². The summed E-state index contributed by atoms with van der Waals surface area (Å²) in [5.41, 5.74) is 0.199. The Kier molecular flexibility index (Phi) is 12.9. The van der Waals surface area contributed by atoms with Crippen LogP contribution in [0.15, 0.2) is 61.2 Å². The van der Waals surface area contributed by atoms with Crippen LogP contribution < -0.4 is 0 Å². The zero-order valence-corrected chi connectivity index (χ0v) is 18.4. The van der Waals surface area contributed by atoms with Gasteiger partial charge < -0.3 is 29.2 Å². The summed E-state index contributed by atoms with van der Waals surface area (Å²) >= 11 is 0. The summed E-state index contributed by atoms with van der Waals surface area (Å²) in [5.74, 6) is -1.52. The predicted octanol–water partition coefficient (Wildman–Crippen LogP) is 3.73. The minimum absolute atomic E-state index is 0.0374. The van der Waals surface area contributed by atoms with E-state index in [-0.39, 0.29) is 61.8 Å². The van der Waals surface area contributed by atoms with E-state index in [2.05, 4.69) is 6.58 Å². The normalized spacial score (nSPS) is 10.9. The van der Waals surface area contributed by atoms with Crippen LogP contribution >= 0.6 is 0 Å². The maximum atomic E-state index is 11.8. The molecule has 0 radical (unpaired) electrons. The fraction of sp³-hybridized carbons (Fsp3) is 0.333. The topological polar surface area (TPSA) is 112 Å². The lowest BCUT2D eigenvalue weighted by atomic mass is 10.2. The first-order valence-electron chi connectivity index (χ1n) is 10.1. The number of hydrogen-bond acceptors (Lipinski definition) is 8. The maximum absolute atomic E-state index is 11.8. The molecule has 8 heteroatoms. The molecule has 2 rings (SSSR count). The number of phenols is 2. The number of aromatic hydroxyl groups is 2. The van der Waals surface area contributed by atoms with Gasteiger partial charge in [-0.1, -0.05) is 30.3 Å². The fourth-order valence-corrected chi connectivity index (χ4v) is 2.32. The number of allylic oxidation sites excluding steroid dienone is 1. The van der Waals surface area contributed by atoms with Crippen molar-refractivity contribution in [3.8, 4) is 11.5 Å². The molecule has 2 aromatic rings. The van der Waals surface area contributed by atoms with Crippen molar-refractivity contribution in [2.24, 2.45) is 0 Å². The first kappa shape index (κ1) is 26.7. The van der Waals surface area contributed by atoms with E-state index in [0.717, 1.165) is 0 Å². The van der Waals surface area contributed by atoms with Gasteiger partial charge in [0.15, 0.2) is 0 Å².